The molecular weight excluding hydrogens is 393 g/mol. The number of aryl methyl sites for hydroxylation is 1. The smallest absolute Gasteiger partial charge is 0.414 e. The molecule has 156 valence electrons. The van der Waals surface area contributed by atoms with E-state index in [1.165, 1.54) is 26.8 Å². The summed E-state index contributed by atoms with van der Waals surface area (Å²) in [4.78, 5) is 20.4. The van der Waals surface area contributed by atoms with Crippen LogP contribution in [0.1, 0.15) is 13.8 Å². The number of nitrogens with zero attached hydrogens (tertiary/aromatic N) is 7. The SMILES string of the molecule is CC(C)OC[C@H]1CN(c2ccc(-c3ccc(-n4nn[n+](C)n4)nc3)c(F)c2)C(=O)O1. The van der Waals surface area contributed by atoms with Crippen LogP contribution in [0.15, 0.2) is 36.5 Å². The van der Waals surface area contributed by atoms with Crippen molar-refractivity contribution in [1.29, 1.82) is 0 Å². The summed E-state index contributed by atoms with van der Waals surface area (Å²) in [5, 5.41) is 11.6. The number of cyclic esters (lactones) is 1. The van der Waals surface area contributed by atoms with Crippen molar-refractivity contribution >= 4 is 11.8 Å². The van der Waals surface area contributed by atoms with Gasteiger partial charge in [-0.2, -0.15) is 0 Å². The Labute approximate surface area is 171 Å². The van der Waals surface area contributed by atoms with Gasteiger partial charge >= 0.3 is 6.09 Å². The van der Waals surface area contributed by atoms with Gasteiger partial charge in [0.25, 0.3) is 5.82 Å². The summed E-state index contributed by atoms with van der Waals surface area (Å²) >= 11 is 0. The second kappa shape index (κ2) is 8.11. The number of carbonyl (C=O) groups excluding carboxylic acids is 1. The second-order valence-electron chi connectivity index (χ2n) is 7.11. The Hall–Kier alpha value is -3.47. The van der Waals surface area contributed by atoms with Crippen molar-refractivity contribution < 1.29 is 23.5 Å². The lowest BCUT2D eigenvalue weighted by molar-refractivity contribution is -0.787. The fourth-order valence-electron chi connectivity index (χ4n) is 3.03. The number of pyridine rings is 1. The third-order valence-electron chi connectivity index (χ3n) is 4.49. The molecule has 0 unspecified atom stereocenters. The Bertz CT molecular complexity index is 1050. The average molecular weight is 414 g/mol. The lowest BCUT2D eigenvalue weighted by Gasteiger charge is -2.15. The Morgan fingerprint density at radius 2 is 2.17 bits per heavy atom. The van der Waals surface area contributed by atoms with Gasteiger partial charge in [-0.3, -0.25) is 4.90 Å². The van der Waals surface area contributed by atoms with Gasteiger partial charge < -0.3 is 9.47 Å². The number of anilines is 1. The number of hydrogen-bond donors (Lipinski definition) is 0. The van der Waals surface area contributed by atoms with Crippen LogP contribution < -0.4 is 9.70 Å². The normalized spacial score (nSPS) is 16.4. The van der Waals surface area contributed by atoms with Crippen LogP contribution in [0.2, 0.25) is 0 Å². The minimum Gasteiger partial charge on any atom is -0.441 e. The number of hydrogen-bond acceptors (Lipinski definition) is 7. The van der Waals surface area contributed by atoms with Gasteiger partial charge in [0.05, 0.1) is 35.0 Å². The Kier molecular flexibility index (Phi) is 5.36. The molecule has 11 heteroatoms. The molecule has 0 N–H and O–H groups in total. The number of benzene rings is 1. The molecule has 1 amide bonds. The maximum atomic E-state index is 14.8. The van der Waals surface area contributed by atoms with Crippen LogP contribution in [0.4, 0.5) is 14.9 Å². The lowest BCUT2D eigenvalue weighted by atomic mass is 10.1. The molecule has 1 saturated heterocycles. The molecule has 10 nitrogen and oxygen atoms in total. The maximum absolute atomic E-state index is 14.8. The van der Waals surface area contributed by atoms with E-state index < -0.39 is 11.9 Å². The van der Waals surface area contributed by atoms with Crippen LogP contribution in [-0.2, 0) is 16.5 Å². The lowest BCUT2D eigenvalue weighted by Crippen LogP contribution is -2.34. The van der Waals surface area contributed by atoms with Crippen LogP contribution in [0.25, 0.3) is 16.9 Å². The third kappa shape index (κ3) is 4.10. The zero-order valence-electron chi connectivity index (χ0n) is 16.8. The molecule has 0 radical (unpaired) electrons. The van der Waals surface area contributed by atoms with Gasteiger partial charge in [-0.05, 0) is 42.9 Å². The first-order valence-corrected chi connectivity index (χ1v) is 9.43. The predicted octanol–water partition coefficient (Wildman–Crippen LogP) is 1.44. The molecule has 3 aromatic rings. The molecule has 0 spiro atoms. The Morgan fingerprint density at radius 3 is 2.80 bits per heavy atom. The molecule has 0 saturated carbocycles. The highest BCUT2D eigenvalue weighted by Gasteiger charge is 2.33. The molecule has 1 atom stereocenters. The number of aromatic nitrogens is 6. The highest BCUT2D eigenvalue weighted by atomic mass is 19.1. The van der Waals surface area contributed by atoms with Gasteiger partial charge in [0.1, 0.15) is 24.2 Å². The summed E-state index contributed by atoms with van der Waals surface area (Å²) in [5.41, 5.74) is 1.37. The first-order chi connectivity index (χ1) is 14.4. The summed E-state index contributed by atoms with van der Waals surface area (Å²) in [6, 6.07) is 7.99. The third-order valence-corrected chi connectivity index (χ3v) is 4.49. The molecule has 0 bridgehead atoms. The molecule has 1 aromatic carbocycles. The van der Waals surface area contributed by atoms with E-state index in [1.807, 2.05) is 13.8 Å². The average Bonchev–Trinajstić information content (AvgIpc) is 3.32. The van der Waals surface area contributed by atoms with Crippen LogP contribution in [0.3, 0.4) is 0 Å². The first kappa shape index (κ1) is 19.8. The van der Waals surface area contributed by atoms with Crippen molar-refractivity contribution in [3.63, 3.8) is 0 Å². The predicted molar refractivity (Wildman–Crippen MR) is 102 cm³/mol. The van der Waals surface area contributed by atoms with E-state index in [4.69, 9.17) is 9.47 Å². The summed E-state index contributed by atoms with van der Waals surface area (Å²) in [7, 11) is 1.64. The van der Waals surface area contributed by atoms with Crippen molar-refractivity contribution in [3.05, 3.63) is 42.3 Å². The van der Waals surface area contributed by atoms with Crippen molar-refractivity contribution in [3.8, 4) is 16.9 Å². The van der Waals surface area contributed by atoms with Gasteiger partial charge in [-0.1, -0.05) is 0 Å². The highest BCUT2D eigenvalue weighted by Crippen LogP contribution is 2.29. The van der Waals surface area contributed by atoms with Crippen LogP contribution in [0, 0.1) is 5.82 Å². The Balaban J connectivity index is 1.50. The molecule has 1 fully saturated rings. The van der Waals surface area contributed by atoms with Crippen LogP contribution in [0.5, 0.6) is 0 Å². The monoisotopic (exact) mass is 414 g/mol. The van der Waals surface area contributed by atoms with Crippen LogP contribution in [-0.4, -0.2) is 56.9 Å². The zero-order chi connectivity index (χ0) is 21.3. The summed E-state index contributed by atoms with van der Waals surface area (Å²) in [5.74, 6) is -0.0136. The zero-order valence-corrected chi connectivity index (χ0v) is 16.8. The highest BCUT2D eigenvalue weighted by molar-refractivity contribution is 5.90. The van der Waals surface area contributed by atoms with Gasteiger partial charge in [-0.25, -0.2) is 14.2 Å². The van der Waals surface area contributed by atoms with E-state index in [0.29, 0.717) is 35.8 Å². The van der Waals surface area contributed by atoms with E-state index in [0.717, 1.165) is 0 Å². The molecule has 2 aromatic heterocycles. The quantitative estimate of drug-likeness (QED) is 0.563. The molecule has 0 aliphatic carbocycles. The molecule has 30 heavy (non-hydrogen) atoms. The molecule has 4 rings (SSSR count). The largest absolute Gasteiger partial charge is 0.441 e. The second-order valence-corrected chi connectivity index (χ2v) is 7.11. The molecule has 1 aliphatic heterocycles. The molecule has 3 heterocycles. The number of carbonyl (C=O) groups is 1. The minimum absolute atomic E-state index is 0.0394. The van der Waals surface area contributed by atoms with Crippen LogP contribution >= 0.6 is 0 Å². The van der Waals surface area contributed by atoms with Gasteiger partial charge in [-0.15, -0.1) is 0 Å². The first-order valence-electron chi connectivity index (χ1n) is 9.43. The summed E-state index contributed by atoms with van der Waals surface area (Å²) < 4.78 is 25.6. The fourth-order valence-corrected chi connectivity index (χ4v) is 3.03. The summed E-state index contributed by atoms with van der Waals surface area (Å²) in [6.45, 7) is 4.43. The van der Waals surface area contributed by atoms with E-state index >= 15 is 0 Å². The standard InChI is InChI=1S/C19H21FN7O3/c1-12(2)29-11-15-10-26(19(28)30-15)14-5-6-16(17(20)8-14)13-4-7-18(21-9-13)27-23-22-25(3)24-27/h4-9,12,15H,10-11H2,1-3H3/q+1/t15-/m1/s1. The summed E-state index contributed by atoms with van der Waals surface area (Å²) in [6.07, 6.45) is 0.670. The number of halogens is 1. The minimum atomic E-state index is -0.515. The maximum Gasteiger partial charge on any atom is 0.414 e. The van der Waals surface area contributed by atoms with Gasteiger partial charge in [0.15, 0.2) is 5.21 Å². The van der Waals surface area contributed by atoms with Gasteiger partial charge in [0, 0.05) is 23.4 Å². The fraction of sp³-hybridized carbons (Fsp3) is 0.368. The van der Waals surface area contributed by atoms with E-state index in [1.54, 1.807) is 31.3 Å². The van der Waals surface area contributed by atoms with Crippen molar-refractivity contribution in [2.24, 2.45) is 7.05 Å². The van der Waals surface area contributed by atoms with Crippen molar-refractivity contribution in [1.82, 2.24) is 25.4 Å². The number of amides is 1. The number of ether oxygens (including phenoxy) is 2. The van der Waals surface area contributed by atoms with E-state index in [-0.39, 0.29) is 12.2 Å². The van der Waals surface area contributed by atoms with E-state index in [2.05, 4.69) is 20.6 Å². The Morgan fingerprint density at radius 1 is 1.33 bits per heavy atom. The van der Waals surface area contributed by atoms with Crippen molar-refractivity contribution in [2.75, 3.05) is 18.1 Å². The number of rotatable bonds is 6. The molecular formula is C19H21FN7O3+. The topological polar surface area (TPSA) is 99.1 Å². The van der Waals surface area contributed by atoms with E-state index in [9.17, 15) is 9.18 Å². The van der Waals surface area contributed by atoms with Gasteiger partial charge in [0.2, 0.25) is 0 Å². The van der Waals surface area contributed by atoms with Crippen molar-refractivity contribution in [2.45, 2.75) is 26.1 Å². The molecule has 1 aliphatic rings.